The molecule has 0 aliphatic carbocycles. The number of carbonyl (C=O) groups excluding carboxylic acids is 1. The Kier molecular flexibility index (Phi) is 4.29. The van der Waals surface area contributed by atoms with Gasteiger partial charge in [-0.3, -0.25) is 0 Å². The molecule has 1 aromatic carbocycles. The molecule has 0 saturated carbocycles. The molecule has 0 heterocycles. The lowest BCUT2D eigenvalue weighted by Crippen LogP contribution is -2.15. The Morgan fingerprint density at radius 1 is 1.57 bits per heavy atom. The topological polar surface area (TPSA) is 43.1 Å². The van der Waals surface area contributed by atoms with Gasteiger partial charge in [0.2, 0.25) is 0 Å². The normalized spacial score (nSPS) is 12.5. The zero-order valence-corrected chi connectivity index (χ0v) is 9.75. The van der Waals surface area contributed by atoms with Crippen LogP contribution in [0.3, 0.4) is 0 Å². The number of ketones is 1. The van der Waals surface area contributed by atoms with Gasteiger partial charge in [-0.25, -0.2) is 0 Å². The summed E-state index contributed by atoms with van der Waals surface area (Å²) in [5.41, 5.74) is 6.76. The maximum absolute atomic E-state index is 11.0. The van der Waals surface area contributed by atoms with Crippen LogP contribution in [0.1, 0.15) is 24.8 Å². The lowest BCUT2D eigenvalue weighted by molar-refractivity contribution is -0.117. The van der Waals surface area contributed by atoms with Crippen LogP contribution in [0.5, 0.6) is 0 Å². The Morgan fingerprint density at radius 3 is 2.79 bits per heavy atom. The molecule has 76 valence electrons. The first-order valence-electron chi connectivity index (χ1n) is 4.58. The van der Waals surface area contributed by atoms with Gasteiger partial charge in [0.15, 0.2) is 0 Å². The lowest BCUT2D eigenvalue weighted by atomic mass is 9.94. The van der Waals surface area contributed by atoms with Crippen molar-refractivity contribution in [3.63, 3.8) is 0 Å². The minimum Gasteiger partial charge on any atom is -0.330 e. The fourth-order valence-corrected chi connectivity index (χ4v) is 1.86. The second kappa shape index (κ2) is 5.27. The van der Waals surface area contributed by atoms with E-state index in [1.165, 1.54) is 0 Å². The molecule has 0 aromatic heterocycles. The van der Waals surface area contributed by atoms with E-state index < -0.39 is 0 Å². The van der Waals surface area contributed by atoms with Gasteiger partial charge >= 0.3 is 0 Å². The summed E-state index contributed by atoms with van der Waals surface area (Å²) in [5, 5.41) is 0. The summed E-state index contributed by atoms with van der Waals surface area (Å²) in [4.78, 5) is 11.0. The molecule has 1 atom stereocenters. The van der Waals surface area contributed by atoms with Gasteiger partial charge in [0.1, 0.15) is 5.78 Å². The highest BCUT2D eigenvalue weighted by molar-refractivity contribution is 9.10. The summed E-state index contributed by atoms with van der Waals surface area (Å²) in [6.07, 6.45) is 0.521. The third-order valence-electron chi connectivity index (χ3n) is 2.14. The molecule has 0 aliphatic rings. The number of hydrogen-bond acceptors (Lipinski definition) is 2. The third-order valence-corrected chi connectivity index (χ3v) is 2.63. The monoisotopic (exact) mass is 255 g/mol. The van der Waals surface area contributed by atoms with Crippen molar-refractivity contribution in [2.24, 2.45) is 5.73 Å². The van der Waals surface area contributed by atoms with Crippen molar-refractivity contribution in [1.29, 1.82) is 0 Å². The smallest absolute Gasteiger partial charge is 0.130 e. The van der Waals surface area contributed by atoms with Gasteiger partial charge < -0.3 is 10.5 Å². The Balaban J connectivity index is 2.83. The molecule has 0 fully saturated rings. The van der Waals surface area contributed by atoms with E-state index in [-0.39, 0.29) is 11.7 Å². The average molecular weight is 256 g/mol. The number of rotatable bonds is 4. The van der Waals surface area contributed by atoms with Crippen molar-refractivity contribution in [2.75, 3.05) is 6.54 Å². The van der Waals surface area contributed by atoms with E-state index in [1.54, 1.807) is 6.92 Å². The van der Waals surface area contributed by atoms with E-state index in [0.29, 0.717) is 13.0 Å². The van der Waals surface area contributed by atoms with E-state index in [0.717, 1.165) is 10.0 Å². The molecule has 0 bridgehead atoms. The van der Waals surface area contributed by atoms with Crippen LogP contribution in [0.25, 0.3) is 0 Å². The molecule has 2 nitrogen and oxygen atoms in total. The summed E-state index contributed by atoms with van der Waals surface area (Å²) < 4.78 is 1.03. The zero-order chi connectivity index (χ0) is 10.6. The molecule has 0 radical (unpaired) electrons. The lowest BCUT2D eigenvalue weighted by Gasteiger charge is -2.13. The number of halogens is 1. The maximum atomic E-state index is 11.0. The van der Waals surface area contributed by atoms with Crippen molar-refractivity contribution in [2.45, 2.75) is 19.3 Å². The van der Waals surface area contributed by atoms with E-state index in [4.69, 9.17) is 5.73 Å². The summed E-state index contributed by atoms with van der Waals surface area (Å²) in [5.74, 6) is 0.324. The first-order chi connectivity index (χ1) is 6.63. The van der Waals surface area contributed by atoms with Gasteiger partial charge in [0, 0.05) is 16.8 Å². The molecular formula is C11H14BrNO. The number of benzene rings is 1. The van der Waals surface area contributed by atoms with Crippen molar-refractivity contribution < 1.29 is 4.79 Å². The molecule has 1 aromatic rings. The molecule has 1 rings (SSSR count). The molecule has 0 amide bonds. The molecule has 2 N–H and O–H groups in total. The average Bonchev–Trinajstić information content (AvgIpc) is 2.14. The predicted molar refractivity (Wildman–Crippen MR) is 61.2 cm³/mol. The fraction of sp³-hybridized carbons (Fsp3) is 0.364. The number of Topliss-reactive ketones (excluding diaryl/α,β-unsaturated/α-hetero) is 1. The van der Waals surface area contributed by atoms with Crippen LogP contribution >= 0.6 is 15.9 Å². The molecule has 0 unspecified atom stereocenters. The van der Waals surface area contributed by atoms with Crippen molar-refractivity contribution in [3.05, 3.63) is 34.3 Å². The van der Waals surface area contributed by atoms with Crippen molar-refractivity contribution in [3.8, 4) is 0 Å². The standard InChI is InChI=1S/C11H14BrNO/c1-8(14)5-10(7-13)9-3-2-4-11(12)6-9/h2-4,6,10H,5,7,13H2,1H3/t10-/m1/s1. The summed E-state index contributed by atoms with van der Waals surface area (Å²) >= 11 is 3.40. The van der Waals surface area contributed by atoms with Gasteiger partial charge in [-0.05, 0) is 31.2 Å². The Morgan fingerprint density at radius 2 is 2.29 bits per heavy atom. The minimum absolute atomic E-state index is 0.144. The SMILES string of the molecule is CC(=O)C[C@H](CN)c1cccc(Br)c1. The number of nitrogens with two attached hydrogens (primary N) is 1. The first kappa shape index (κ1) is 11.4. The summed E-state index contributed by atoms with van der Waals surface area (Å²) in [7, 11) is 0. The van der Waals surface area contributed by atoms with Crippen LogP contribution in [0.4, 0.5) is 0 Å². The second-order valence-electron chi connectivity index (χ2n) is 3.39. The quantitative estimate of drug-likeness (QED) is 0.899. The number of hydrogen-bond donors (Lipinski definition) is 1. The van der Waals surface area contributed by atoms with E-state index in [1.807, 2.05) is 24.3 Å². The van der Waals surface area contributed by atoms with E-state index in [9.17, 15) is 4.79 Å². The Labute approximate surface area is 92.6 Å². The van der Waals surface area contributed by atoms with Crippen LogP contribution in [0, 0.1) is 0 Å². The third kappa shape index (κ3) is 3.24. The number of carbonyl (C=O) groups is 1. The van der Waals surface area contributed by atoms with Gasteiger partial charge in [0.05, 0.1) is 0 Å². The zero-order valence-electron chi connectivity index (χ0n) is 8.16. The van der Waals surface area contributed by atoms with Gasteiger partial charge in [0.25, 0.3) is 0 Å². The molecule has 0 aliphatic heterocycles. The van der Waals surface area contributed by atoms with Gasteiger partial charge in [-0.1, -0.05) is 28.1 Å². The van der Waals surface area contributed by atoms with Crippen LogP contribution in [-0.2, 0) is 4.79 Å². The predicted octanol–water partition coefficient (Wildman–Crippen LogP) is 2.47. The fourth-order valence-electron chi connectivity index (χ4n) is 1.44. The maximum Gasteiger partial charge on any atom is 0.130 e. The minimum atomic E-state index is 0.144. The molecule has 0 spiro atoms. The van der Waals surface area contributed by atoms with Crippen LogP contribution in [-0.4, -0.2) is 12.3 Å². The van der Waals surface area contributed by atoms with Gasteiger partial charge in [-0.15, -0.1) is 0 Å². The van der Waals surface area contributed by atoms with E-state index >= 15 is 0 Å². The highest BCUT2D eigenvalue weighted by Crippen LogP contribution is 2.22. The van der Waals surface area contributed by atoms with Crippen molar-refractivity contribution in [1.82, 2.24) is 0 Å². The van der Waals surface area contributed by atoms with Gasteiger partial charge in [-0.2, -0.15) is 0 Å². The molecule has 0 saturated heterocycles. The largest absolute Gasteiger partial charge is 0.330 e. The van der Waals surface area contributed by atoms with Crippen LogP contribution in [0.15, 0.2) is 28.7 Å². The molecule has 14 heavy (non-hydrogen) atoms. The summed E-state index contributed by atoms with van der Waals surface area (Å²) in [6, 6.07) is 7.94. The Bertz CT molecular complexity index is 325. The van der Waals surface area contributed by atoms with E-state index in [2.05, 4.69) is 15.9 Å². The molecule has 3 heteroatoms. The first-order valence-corrected chi connectivity index (χ1v) is 5.37. The molecular weight excluding hydrogens is 242 g/mol. The van der Waals surface area contributed by atoms with Crippen LogP contribution < -0.4 is 5.73 Å². The van der Waals surface area contributed by atoms with Crippen LogP contribution in [0.2, 0.25) is 0 Å². The van der Waals surface area contributed by atoms with Crippen molar-refractivity contribution >= 4 is 21.7 Å². The summed E-state index contributed by atoms with van der Waals surface area (Å²) in [6.45, 7) is 2.11. The second-order valence-corrected chi connectivity index (χ2v) is 4.31. The Hall–Kier alpha value is -0.670. The highest BCUT2D eigenvalue weighted by Gasteiger charge is 2.11. The highest BCUT2D eigenvalue weighted by atomic mass is 79.9.